The number of benzene rings is 4. The fourth-order valence-electron chi connectivity index (χ4n) is 4.58. The van der Waals surface area contributed by atoms with Crippen LogP contribution in [0.25, 0.3) is 0 Å². The lowest BCUT2D eigenvalue weighted by molar-refractivity contribution is 0.0547. The van der Waals surface area contributed by atoms with Crippen molar-refractivity contribution in [1.29, 1.82) is 0 Å². The number of methoxy groups -OCH3 is 2. The number of carbonyl (C=O) groups excluding carboxylic acids is 3. The third-order valence-corrected chi connectivity index (χ3v) is 7.10. The van der Waals surface area contributed by atoms with Crippen molar-refractivity contribution in [3.63, 3.8) is 0 Å². The lowest BCUT2D eigenvalue weighted by Gasteiger charge is -2.33. The number of rotatable bonds is 8. The van der Waals surface area contributed by atoms with Crippen molar-refractivity contribution < 1.29 is 37.4 Å². The number of urea groups is 1. The van der Waals surface area contributed by atoms with E-state index >= 15 is 0 Å². The van der Waals surface area contributed by atoms with E-state index in [2.05, 4.69) is 14.8 Å². The topological polar surface area (TPSA) is 97.4 Å². The number of amides is 2. The maximum Gasteiger partial charge on any atom is 0.337 e. The number of hydrogen-bond donors (Lipinski definition) is 1. The number of hydrogen-bond acceptors (Lipinski definition) is 7. The van der Waals surface area contributed by atoms with Crippen LogP contribution in [0, 0.1) is 11.6 Å². The van der Waals surface area contributed by atoms with Crippen molar-refractivity contribution in [3.8, 4) is 0 Å². The zero-order valence-corrected chi connectivity index (χ0v) is 25.6. The van der Waals surface area contributed by atoms with Crippen LogP contribution in [-0.2, 0) is 27.3 Å². The molecular formula is C35H35F2N3O6. The number of esters is 2. The Kier molecular flexibility index (Phi) is 12.2. The number of nitrogens with one attached hydrogen (secondary N) is 1. The van der Waals surface area contributed by atoms with Gasteiger partial charge in [0.1, 0.15) is 11.6 Å². The Morgan fingerprint density at radius 2 is 1.26 bits per heavy atom. The molecule has 0 radical (unpaired) electrons. The number of ether oxygens (including phenoxy) is 3. The SMILES string of the molecule is COC(=O)c1ccc(CN(C(=O)N2CCOCC2)c2ccccc2F)cc1.COC(=O)c1ccc(CNc2ccccc2F)cc1. The predicted molar refractivity (Wildman–Crippen MR) is 170 cm³/mol. The third kappa shape index (κ3) is 9.12. The lowest BCUT2D eigenvalue weighted by atomic mass is 10.1. The van der Waals surface area contributed by atoms with Crippen LogP contribution in [0.3, 0.4) is 0 Å². The molecule has 0 aliphatic carbocycles. The zero-order valence-electron chi connectivity index (χ0n) is 25.6. The molecule has 46 heavy (non-hydrogen) atoms. The summed E-state index contributed by atoms with van der Waals surface area (Å²) in [4.78, 5) is 38.9. The Hall–Kier alpha value is -5.29. The molecule has 0 atom stereocenters. The summed E-state index contributed by atoms with van der Waals surface area (Å²) in [7, 11) is 2.66. The second-order valence-corrected chi connectivity index (χ2v) is 10.1. The zero-order chi connectivity index (χ0) is 32.9. The van der Waals surface area contributed by atoms with Gasteiger partial charge in [0.05, 0.1) is 56.5 Å². The van der Waals surface area contributed by atoms with E-state index in [1.54, 1.807) is 89.8 Å². The van der Waals surface area contributed by atoms with Gasteiger partial charge in [-0.05, 0) is 59.7 Å². The van der Waals surface area contributed by atoms with Crippen molar-refractivity contribution in [2.24, 2.45) is 0 Å². The highest BCUT2D eigenvalue weighted by Gasteiger charge is 2.26. The molecule has 1 aliphatic rings. The van der Waals surface area contributed by atoms with Gasteiger partial charge in [-0.25, -0.2) is 23.2 Å². The quantitative estimate of drug-likeness (QED) is 0.228. The van der Waals surface area contributed by atoms with Crippen LogP contribution in [0.5, 0.6) is 0 Å². The second kappa shape index (κ2) is 16.7. The van der Waals surface area contributed by atoms with Crippen LogP contribution in [0.4, 0.5) is 25.0 Å². The minimum absolute atomic E-state index is 0.179. The highest BCUT2D eigenvalue weighted by Crippen LogP contribution is 2.23. The molecular weight excluding hydrogens is 596 g/mol. The summed E-state index contributed by atoms with van der Waals surface area (Å²) in [6.07, 6.45) is 0. The summed E-state index contributed by atoms with van der Waals surface area (Å²) in [6.45, 7) is 2.52. The number of halogens is 2. The Bertz CT molecular complexity index is 1610. The van der Waals surface area contributed by atoms with E-state index in [1.807, 2.05) is 0 Å². The highest BCUT2D eigenvalue weighted by molar-refractivity contribution is 5.92. The van der Waals surface area contributed by atoms with Gasteiger partial charge in [0.25, 0.3) is 0 Å². The minimum atomic E-state index is -0.467. The largest absolute Gasteiger partial charge is 0.465 e. The first kappa shape index (κ1) is 33.6. The first-order valence-corrected chi connectivity index (χ1v) is 14.5. The van der Waals surface area contributed by atoms with Gasteiger partial charge in [-0.15, -0.1) is 0 Å². The lowest BCUT2D eigenvalue weighted by Crippen LogP contribution is -2.48. The van der Waals surface area contributed by atoms with E-state index in [0.29, 0.717) is 49.7 Å². The van der Waals surface area contributed by atoms with Crippen molar-refractivity contribution in [2.75, 3.05) is 50.7 Å². The molecule has 1 fully saturated rings. The number of anilines is 2. The van der Waals surface area contributed by atoms with Gasteiger partial charge in [-0.1, -0.05) is 48.5 Å². The summed E-state index contributed by atoms with van der Waals surface area (Å²) < 4.78 is 42.4. The average molecular weight is 632 g/mol. The molecule has 1 saturated heterocycles. The Morgan fingerprint density at radius 1 is 0.739 bits per heavy atom. The van der Waals surface area contributed by atoms with E-state index in [0.717, 1.165) is 11.1 Å². The van der Waals surface area contributed by atoms with Gasteiger partial charge in [0.2, 0.25) is 0 Å². The standard InChI is InChI=1S/C20H21FN2O4.C15H14FNO2/c1-26-19(24)16-8-6-15(7-9-16)14-23(18-5-3-2-4-17(18)21)20(25)22-10-12-27-13-11-22;1-19-15(18)12-8-6-11(7-9-12)10-17-14-5-3-2-4-13(14)16/h2-9H,10-14H2,1H3;2-9,17H,10H2,1H3. The monoisotopic (exact) mass is 631 g/mol. The molecule has 1 N–H and O–H groups in total. The number of carbonyl (C=O) groups is 3. The molecule has 0 saturated carbocycles. The molecule has 5 rings (SSSR count). The van der Waals surface area contributed by atoms with Gasteiger partial charge < -0.3 is 24.4 Å². The van der Waals surface area contributed by atoms with Crippen molar-refractivity contribution in [1.82, 2.24) is 4.90 Å². The molecule has 1 aliphatic heterocycles. The van der Waals surface area contributed by atoms with Crippen LogP contribution in [0.1, 0.15) is 31.8 Å². The number of para-hydroxylation sites is 2. The Morgan fingerprint density at radius 3 is 1.80 bits per heavy atom. The summed E-state index contributed by atoms with van der Waals surface area (Å²) in [5.74, 6) is -1.55. The predicted octanol–water partition coefficient (Wildman–Crippen LogP) is 6.30. The highest BCUT2D eigenvalue weighted by atomic mass is 19.1. The summed E-state index contributed by atoms with van der Waals surface area (Å²) in [5, 5.41) is 3.00. The molecule has 11 heteroatoms. The maximum atomic E-state index is 14.4. The average Bonchev–Trinajstić information content (AvgIpc) is 3.11. The van der Waals surface area contributed by atoms with Gasteiger partial charge in [0, 0.05) is 19.6 Å². The van der Waals surface area contributed by atoms with Crippen LogP contribution in [0.15, 0.2) is 97.1 Å². The molecule has 0 spiro atoms. The summed E-state index contributed by atoms with van der Waals surface area (Å²) >= 11 is 0. The Labute approximate surface area is 266 Å². The Balaban J connectivity index is 0.000000222. The van der Waals surface area contributed by atoms with Gasteiger partial charge in [-0.2, -0.15) is 0 Å². The smallest absolute Gasteiger partial charge is 0.337 e. The minimum Gasteiger partial charge on any atom is -0.465 e. The first-order valence-electron chi connectivity index (χ1n) is 14.5. The molecule has 0 bridgehead atoms. The van der Waals surface area contributed by atoms with Crippen molar-refractivity contribution >= 4 is 29.3 Å². The molecule has 1 heterocycles. The molecule has 4 aromatic carbocycles. The van der Waals surface area contributed by atoms with E-state index in [9.17, 15) is 23.2 Å². The molecule has 0 unspecified atom stereocenters. The number of nitrogens with zero attached hydrogens (tertiary/aromatic N) is 2. The van der Waals surface area contributed by atoms with E-state index in [4.69, 9.17) is 4.74 Å². The first-order chi connectivity index (χ1) is 22.3. The fraction of sp³-hybridized carbons (Fsp3) is 0.229. The summed E-state index contributed by atoms with van der Waals surface area (Å²) in [6, 6.07) is 26.1. The summed E-state index contributed by atoms with van der Waals surface area (Å²) in [5.41, 5.74) is 3.31. The van der Waals surface area contributed by atoms with Crippen LogP contribution in [-0.4, -0.2) is 63.4 Å². The number of morpholine rings is 1. The maximum absolute atomic E-state index is 14.4. The van der Waals surface area contributed by atoms with Gasteiger partial charge in [-0.3, -0.25) is 4.90 Å². The molecule has 4 aromatic rings. The fourth-order valence-corrected chi connectivity index (χ4v) is 4.58. The van der Waals surface area contributed by atoms with Crippen LogP contribution < -0.4 is 10.2 Å². The van der Waals surface area contributed by atoms with Crippen molar-refractivity contribution in [3.05, 3.63) is 131 Å². The van der Waals surface area contributed by atoms with Crippen molar-refractivity contribution in [2.45, 2.75) is 13.1 Å². The van der Waals surface area contributed by atoms with E-state index in [-0.39, 0.29) is 30.0 Å². The molecule has 9 nitrogen and oxygen atoms in total. The van der Waals surface area contributed by atoms with Gasteiger partial charge in [0.15, 0.2) is 0 Å². The van der Waals surface area contributed by atoms with Crippen LogP contribution >= 0.6 is 0 Å². The second-order valence-electron chi connectivity index (χ2n) is 10.1. The van der Waals surface area contributed by atoms with Gasteiger partial charge >= 0.3 is 18.0 Å². The van der Waals surface area contributed by atoms with Crippen LogP contribution in [0.2, 0.25) is 0 Å². The molecule has 2 amide bonds. The molecule has 240 valence electrons. The third-order valence-electron chi connectivity index (χ3n) is 7.10. The van der Waals surface area contributed by atoms with E-state index < -0.39 is 11.8 Å². The molecule has 0 aromatic heterocycles. The van der Waals surface area contributed by atoms with E-state index in [1.165, 1.54) is 31.3 Å². The normalized spacial score (nSPS) is 12.3.